The molecule has 1 aromatic carbocycles. The van der Waals surface area contributed by atoms with Crippen LogP contribution in [0.3, 0.4) is 0 Å². The number of hydrogen-bond acceptors (Lipinski definition) is 6. The number of nitrogens with zero attached hydrogens (tertiary/aromatic N) is 3. The van der Waals surface area contributed by atoms with E-state index < -0.39 is 15.9 Å². The SMILES string of the molecule is CN(C)S(=O)(=O)c1nnc(NC(=O)c2ccc(Cl)cc2Cl)s1. The highest BCUT2D eigenvalue weighted by Gasteiger charge is 2.23. The number of anilines is 1. The molecule has 0 aliphatic carbocycles. The number of benzene rings is 1. The topological polar surface area (TPSA) is 92.3 Å². The highest BCUT2D eigenvalue weighted by Crippen LogP contribution is 2.25. The molecule has 22 heavy (non-hydrogen) atoms. The molecule has 1 heterocycles. The summed E-state index contributed by atoms with van der Waals surface area (Å²) in [7, 11) is -0.932. The van der Waals surface area contributed by atoms with Crippen molar-refractivity contribution in [3.8, 4) is 0 Å². The maximum atomic E-state index is 12.1. The van der Waals surface area contributed by atoms with Crippen LogP contribution in [-0.4, -0.2) is 42.9 Å². The molecule has 118 valence electrons. The lowest BCUT2D eigenvalue weighted by Gasteiger charge is -2.06. The Hall–Kier alpha value is -1.26. The first kappa shape index (κ1) is 17.1. The third-order valence-corrected chi connectivity index (χ3v) is 6.05. The molecule has 0 bridgehead atoms. The second-order valence-electron chi connectivity index (χ2n) is 4.24. The van der Waals surface area contributed by atoms with Gasteiger partial charge in [0.1, 0.15) is 0 Å². The van der Waals surface area contributed by atoms with Crippen LogP contribution in [0.5, 0.6) is 0 Å². The molecule has 2 aromatic rings. The lowest BCUT2D eigenvalue weighted by molar-refractivity contribution is 0.102. The zero-order valence-corrected chi connectivity index (χ0v) is 14.5. The lowest BCUT2D eigenvalue weighted by Crippen LogP contribution is -2.22. The predicted molar refractivity (Wildman–Crippen MR) is 85.2 cm³/mol. The summed E-state index contributed by atoms with van der Waals surface area (Å²) >= 11 is 12.4. The maximum Gasteiger partial charge on any atom is 0.271 e. The first-order valence-electron chi connectivity index (χ1n) is 5.74. The average Bonchev–Trinajstić information content (AvgIpc) is 2.87. The fourth-order valence-corrected chi connectivity index (χ4v) is 3.89. The molecule has 2 rings (SSSR count). The summed E-state index contributed by atoms with van der Waals surface area (Å²) in [5.41, 5.74) is 0.193. The number of aromatic nitrogens is 2. The third kappa shape index (κ3) is 3.55. The fourth-order valence-electron chi connectivity index (χ4n) is 1.36. The van der Waals surface area contributed by atoms with Gasteiger partial charge < -0.3 is 0 Å². The average molecular weight is 381 g/mol. The molecular formula is C11H10Cl2N4O3S2. The van der Waals surface area contributed by atoms with Gasteiger partial charge in [-0.2, -0.15) is 0 Å². The third-order valence-electron chi connectivity index (χ3n) is 2.50. The normalized spacial score (nSPS) is 11.7. The Morgan fingerprint density at radius 3 is 2.55 bits per heavy atom. The smallest absolute Gasteiger partial charge is 0.271 e. The Labute approximate surface area is 140 Å². The van der Waals surface area contributed by atoms with Crippen LogP contribution in [0.4, 0.5) is 5.13 Å². The van der Waals surface area contributed by atoms with E-state index in [1.807, 2.05) is 0 Å². The molecule has 0 radical (unpaired) electrons. The summed E-state index contributed by atoms with van der Waals surface area (Å²) in [6, 6.07) is 4.41. The molecule has 0 atom stereocenters. The largest absolute Gasteiger partial charge is 0.296 e. The standard InChI is InChI=1S/C11H10Cl2N4O3S2/c1-17(2)22(19,20)11-16-15-10(21-11)14-9(18)7-4-3-6(12)5-8(7)13/h3-5H,1-2H3,(H,14,15,18). The van der Waals surface area contributed by atoms with E-state index in [-0.39, 0.29) is 20.1 Å². The van der Waals surface area contributed by atoms with Crippen molar-refractivity contribution >= 4 is 55.6 Å². The first-order valence-corrected chi connectivity index (χ1v) is 8.75. The van der Waals surface area contributed by atoms with Gasteiger partial charge in [0.05, 0.1) is 10.6 Å². The highest BCUT2D eigenvalue weighted by molar-refractivity contribution is 7.91. The molecule has 11 heteroatoms. The van der Waals surface area contributed by atoms with Gasteiger partial charge in [-0.25, -0.2) is 12.7 Å². The highest BCUT2D eigenvalue weighted by atomic mass is 35.5. The summed E-state index contributed by atoms with van der Waals surface area (Å²) < 4.78 is 24.6. The number of hydrogen-bond donors (Lipinski definition) is 1. The zero-order chi connectivity index (χ0) is 16.5. The number of rotatable bonds is 4. The van der Waals surface area contributed by atoms with Crippen LogP contribution in [-0.2, 0) is 10.0 Å². The van der Waals surface area contributed by atoms with E-state index in [1.165, 1.54) is 32.3 Å². The van der Waals surface area contributed by atoms with Gasteiger partial charge >= 0.3 is 0 Å². The van der Waals surface area contributed by atoms with E-state index in [0.717, 1.165) is 15.6 Å². The van der Waals surface area contributed by atoms with Crippen molar-refractivity contribution in [3.63, 3.8) is 0 Å². The molecule has 7 nitrogen and oxygen atoms in total. The van der Waals surface area contributed by atoms with Gasteiger partial charge in [0.2, 0.25) is 9.47 Å². The molecule has 0 saturated carbocycles. The van der Waals surface area contributed by atoms with Crippen LogP contribution >= 0.6 is 34.5 Å². The minimum atomic E-state index is -3.69. The van der Waals surface area contributed by atoms with Crippen LogP contribution in [0, 0.1) is 0 Å². The van der Waals surface area contributed by atoms with Crippen molar-refractivity contribution in [2.45, 2.75) is 4.34 Å². The van der Waals surface area contributed by atoms with Crippen molar-refractivity contribution < 1.29 is 13.2 Å². The molecule has 1 N–H and O–H groups in total. The summed E-state index contributed by atoms with van der Waals surface area (Å²) in [5, 5.41) is 10.3. The Balaban J connectivity index is 2.22. The quantitative estimate of drug-likeness (QED) is 0.821. The van der Waals surface area contributed by atoms with Gasteiger partial charge in [-0.1, -0.05) is 34.5 Å². The van der Waals surface area contributed by atoms with Crippen LogP contribution in [0.2, 0.25) is 10.0 Å². The van der Waals surface area contributed by atoms with Gasteiger partial charge in [-0.3, -0.25) is 10.1 Å². The van der Waals surface area contributed by atoms with Crippen molar-refractivity contribution in [2.75, 3.05) is 19.4 Å². The van der Waals surface area contributed by atoms with Crippen molar-refractivity contribution in [2.24, 2.45) is 0 Å². The number of sulfonamides is 1. The molecule has 0 unspecified atom stereocenters. The number of amides is 1. The van der Waals surface area contributed by atoms with Crippen LogP contribution < -0.4 is 5.32 Å². The number of carbonyl (C=O) groups excluding carboxylic acids is 1. The number of carbonyl (C=O) groups is 1. The molecule has 1 amide bonds. The molecule has 1 aromatic heterocycles. The molecular weight excluding hydrogens is 371 g/mol. The Kier molecular flexibility index (Phi) is 5.03. The molecule has 0 spiro atoms. The molecule has 0 aliphatic heterocycles. The summed E-state index contributed by atoms with van der Waals surface area (Å²) in [6.45, 7) is 0. The Morgan fingerprint density at radius 2 is 1.95 bits per heavy atom. The van der Waals surface area contributed by atoms with E-state index in [9.17, 15) is 13.2 Å². The van der Waals surface area contributed by atoms with Crippen molar-refractivity contribution in [1.29, 1.82) is 0 Å². The van der Waals surface area contributed by atoms with E-state index in [1.54, 1.807) is 0 Å². The van der Waals surface area contributed by atoms with Crippen LogP contribution in [0.15, 0.2) is 22.5 Å². The Bertz CT molecular complexity index is 820. The number of nitrogens with one attached hydrogen (secondary N) is 1. The zero-order valence-electron chi connectivity index (χ0n) is 11.4. The second kappa shape index (κ2) is 6.47. The Morgan fingerprint density at radius 1 is 1.27 bits per heavy atom. The van der Waals surface area contributed by atoms with Crippen LogP contribution in [0.25, 0.3) is 0 Å². The maximum absolute atomic E-state index is 12.1. The summed E-state index contributed by atoms with van der Waals surface area (Å²) in [5.74, 6) is -0.536. The molecule has 0 fully saturated rings. The van der Waals surface area contributed by atoms with Crippen LogP contribution in [0.1, 0.15) is 10.4 Å². The van der Waals surface area contributed by atoms with Crippen molar-refractivity contribution in [3.05, 3.63) is 33.8 Å². The van der Waals surface area contributed by atoms with Gasteiger partial charge in [0.15, 0.2) is 0 Å². The second-order valence-corrected chi connectivity index (χ2v) is 8.39. The van der Waals surface area contributed by atoms with Gasteiger partial charge in [0.25, 0.3) is 15.9 Å². The minimum Gasteiger partial charge on any atom is -0.296 e. The van der Waals surface area contributed by atoms with E-state index in [0.29, 0.717) is 5.02 Å². The predicted octanol–water partition coefficient (Wildman–Crippen LogP) is 2.35. The minimum absolute atomic E-state index is 0.0523. The molecule has 0 aliphatic rings. The van der Waals surface area contributed by atoms with E-state index in [2.05, 4.69) is 15.5 Å². The van der Waals surface area contributed by atoms with E-state index >= 15 is 0 Å². The summed E-state index contributed by atoms with van der Waals surface area (Å²) in [6.07, 6.45) is 0. The van der Waals surface area contributed by atoms with Gasteiger partial charge in [0, 0.05) is 19.1 Å². The number of halogens is 2. The lowest BCUT2D eigenvalue weighted by atomic mass is 10.2. The summed E-state index contributed by atoms with van der Waals surface area (Å²) in [4.78, 5) is 12.1. The monoisotopic (exact) mass is 380 g/mol. The molecule has 0 saturated heterocycles. The van der Waals surface area contributed by atoms with Gasteiger partial charge in [-0.15, -0.1) is 10.2 Å². The first-order chi connectivity index (χ1) is 10.2. The van der Waals surface area contributed by atoms with E-state index in [4.69, 9.17) is 23.2 Å². The van der Waals surface area contributed by atoms with Gasteiger partial charge in [-0.05, 0) is 18.2 Å². The fraction of sp³-hybridized carbons (Fsp3) is 0.182. The van der Waals surface area contributed by atoms with Crippen molar-refractivity contribution in [1.82, 2.24) is 14.5 Å².